The van der Waals surface area contributed by atoms with Gasteiger partial charge in [0, 0.05) is 9.75 Å². The van der Waals surface area contributed by atoms with Crippen molar-refractivity contribution in [2.45, 2.75) is 13.3 Å². The second-order valence-electron chi connectivity index (χ2n) is 5.04. The number of thiophene rings is 1. The zero-order valence-corrected chi connectivity index (χ0v) is 13.4. The van der Waals surface area contributed by atoms with Crippen LogP contribution in [0.5, 0.6) is 5.75 Å². The fourth-order valence-electron chi connectivity index (χ4n) is 2.36. The van der Waals surface area contributed by atoms with E-state index in [0.717, 1.165) is 16.7 Å². The third-order valence-electron chi connectivity index (χ3n) is 3.52. The highest BCUT2D eigenvalue weighted by molar-refractivity contribution is 7.13. The van der Waals surface area contributed by atoms with E-state index in [0.29, 0.717) is 5.39 Å². The number of amides is 1. The molecule has 0 spiro atoms. The lowest BCUT2D eigenvalue weighted by Crippen LogP contribution is -2.18. The number of aryl methyl sites for hydroxylation is 1. The van der Waals surface area contributed by atoms with Gasteiger partial charge in [-0.3, -0.25) is 4.79 Å². The van der Waals surface area contributed by atoms with Crippen LogP contribution in [0, 0.1) is 0 Å². The second kappa shape index (κ2) is 6.62. The molecule has 0 aliphatic rings. The Hall–Kier alpha value is -2.66. The number of rotatable bonds is 4. The van der Waals surface area contributed by atoms with Gasteiger partial charge in [0.05, 0.1) is 11.8 Å². The van der Waals surface area contributed by atoms with Gasteiger partial charge in [0.25, 0.3) is 5.91 Å². The summed E-state index contributed by atoms with van der Waals surface area (Å²) < 4.78 is 0. The van der Waals surface area contributed by atoms with E-state index in [9.17, 15) is 9.90 Å². The molecule has 1 aromatic heterocycles. The van der Waals surface area contributed by atoms with Gasteiger partial charge < -0.3 is 5.11 Å². The molecule has 2 aromatic carbocycles. The number of hydrogen-bond donors (Lipinski definition) is 2. The molecule has 0 bridgehead atoms. The topological polar surface area (TPSA) is 61.7 Å². The molecular formula is C18H16N2O2S. The van der Waals surface area contributed by atoms with E-state index in [2.05, 4.69) is 17.5 Å². The van der Waals surface area contributed by atoms with E-state index >= 15 is 0 Å². The summed E-state index contributed by atoms with van der Waals surface area (Å²) in [5.74, 6) is -0.483. The highest BCUT2D eigenvalue weighted by atomic mass is 32.1. The number of benzene rings is 2. The zero-order chi connectivity index (χ0) is 16.2. The monoisotopic (exact) mass is 324 g/mol. The van der Waals surface area contributed by atoms with Gasteiger partial charge in [0.15, 0.2) is 0 Å². The largest absolute Gasteiger partial charge is 0.507 e. The Balaban J connectivity index is 1.82. The number of hydrogen-bond acceptors (Lipinski definition) is 4. The molecule has 1 heterocycles. The van der Waals surface area contributed by atoms with Crippen LogP contribution in [0.25, 0.3) is 10.8 Å². The molecule has 3 rings (SSSR count). The highest BCUT2D eigenvalue weighted by Gasteiger charge is 2.14. The Morgan fingerprint density at radius 2 is 2.04 bits per heavy atom. The summed E-state index contributed by atoms with van der Waals surface area (Å²) in [4.78, 5) is 14.6. The Bertz CT molecular complexity index is 884. The molecule has 0 aliphatic heterocycles. The van der Waals surface area contributed by atoms with Crippen LogP contribution in [0.2, 0.25) is 0 Å². The van der Waals surface area contributed by atoms with Crippen LogP contribution in [0.3, 0.4) is 0 Å². The lowest BCUT2D eigenvalue weighted by Gasteiger charge is -2.07. The number of hydrazone groups is 1. The number of phenolic OH excluding ortho intramolecular Hbond substituents is 1. The fraction of sp³-hybridized carbons (Fsp3) is 0.111. The molecule has 0 atom stereocenters. The van der Waals surface area contributed by atoms with Crippen LogP contribution in [0.4, 0.5) is 0 Å². The minimum Gasteiger partial charge on any atom is -0.507 e. The minimum atomic E-state index is -0.428. The van der Waals surface area contributed by atoms with Crippen molar-refractivity contribution in [1.82, 2.24) is 5.43 Å². The van der Waals surface area contributed by atoms with Crippen LogP contribution in [0.1, 0.15) is 27.0 Å². The van der Waals surface area contributed by atoms with E-state index in [-0.39, 0.29) is 11.3 Å². The van der Waals surface area contributed by atoms with Gasteiger partial charge in [0.1, 0.15) is 5.75 Å². The number of carbonyl (C=O) groups excluding carboxylic acids is 1. The van der Waals surface area contributed by atoms with E-state index in [1.807, 2.05) is 30.3 Å². The average Bonchev–Trinajstić information content (AvgIpc) is 3.02. The van der Waals surface area contributed by atoms with E-state index in [4.69, 9.17) is 0 Å². The SMILES string of the molecule is CCc1ccc(/C=N\NC(=O)c2c(O)ccc3ccccc23)s1. The smallest absolute Gasteiger partial charge is 0.275 e. The Labute approximate surface area is 138 Å². The molecule has 0 saturated carbocycles. The van der Waals surface area contributed by atoms with Crippen molar-refractivity contribution in [1.29, 1.82) is 0 Å². The lowest BCUT2D eigenvalue weighted by atomic mass is 10.0. The molecule has 0 fully saturated rings. The molecule has 2 N–H and O–H groups in total. The van der Waals surface area contributed by atoms with Gasteiger partial charge in [-0.15, -0.1) is 11.3 Å². The van der Waals surface area contributed by atoms with Crippen molar-refractivity contribution in [3.63, 3.8) is 0 Å². The molecule has 0 radical (unpaired) electrons. The number of phenols is 1. The van der Waals surface area contributed by atoms with Crippen LogP contribution in [0.15, 0.2) is 53.6 Å². The molecule has 116 valence electrons. The molecule has 1 amide bonds. The summed E-state index contributed by atoms with van der Waals surface area (Å²) in [7, 11) is 0. The van der Waals surface area contributed by atoms with Gasteiger partial charge in [-0.1, -0.05) is 37.3 Å². The first-order chi connectivity index (χ1) is 11.2. The summed E-state index contributed by atoms with van der Waals surface area (Å²) in [6, 6.07) is 14.7. The number of nitrogens with zero attached hydrogens (tertiary/aromatic N) is 1. The van der Waals surface area contributed by atoms with Crippen molar-refractivity contribution in [3.8, 4) is 5.75 Å². The number of nitrogens with one attached hydrogen (secondary N) is 1. The summed E-state index contributed by atoms with van der Waals surface area (Å²) in [5.41, 5.74) is 2.72. The fourth-order valence-corrected chi connectivity index (χ4v) is 3.19. The molecule has 0 saturated heterocycles. The normalized spacial score (nSPS) is 11.2. The van der Waals surface area contributed by atoms with Crippen LogP contribution >= 0.6 is 11.3 Å². The first-order valence-corrected chi connectivity index (χ1v) is 8.13. The Morgan fingerprint density at radius 1 is 1.22 bits per heavy atom. The predicted molar refractivity (Wildman–Crippen MR) is 94.4 cm³/mol. The lowest BCUT2D eigenvalue weighted by molar-refractivity contribution is 0.0954. The molecule has 3 aromatic rings. The standard InChI is InChI=1S/C18H16N2O2S/c1-2-13-8-9-14(23-13)11-19-20-18(22)17-15-6-4-3-5-12(15)7-10-16(17)21/h3-11,21H,2H2,1H3,(H,20,22)/b19-11-. The van der Waals surface area contributed by atoms with E-state index in [1.54, 1.807) is 29.7 Å². The van der Waals surface area contributed by atoms with Gasteiger partial charge in [-0.2, -0.15) is 5.10 Å². The first kappa shape index (κ1) is 15.2. The van der Waals surface area contributed by atoms with Crippen LogP contribution in [-0.2, 0) is 6.42 Å². The van der Waals surface area contributed by atoms with Crippen molar-refractivity contribution >= 4 is 34.2 Å². The summed E-state index contributed by atoms with van der Waals surface area (Å²) >= 11 is 1.64. The van der Waals surface area contributed by atoms with Gasteiger partial charge >= 0.3 is 0 Å². The highest BCUT2D eigenvalue weighted by Crippen LogP contribution is 2.26. The molecule has 4 nitrogen and oxygen atoms in total. The number of fused-ring (bicyclic) bond motifs is 1. The maximum atomic E-state index is 12.3. The second-order valence-corrected chi connectivity index (χ2v) is 6.24. The van der Waals surface area contributed by atoms with E-state index < -0.39 is 5.91 Å². The van der Waals surface area contributed by atoms with Gasteiger partial charge in [0.2, 0.25) is 0 Å². The van der Waals surface area contributed by atoms with Crippen LogP contribution in [-0.4, -0.2) is 17.2 Å². The predicted octanol–water partition coefficient (Wildman–Crippen LogP) is 3.93. The van der Waals surface area contributed by atoms with Crippen molar-refractivity contribution in [2.75, 3.05) is 0 Å². The Morgan fingerprint density at radius 3 is 2.83 bits per heavy atom. The van der Waals surface area contributed by atoms with Crippen molar-refractivity contribution in [2.24, 2.45) is 5.10 Å². The summed E-state index contributed by atoms with van der Waals surface area (Å²) in [6.07, 6.45) is 2.60. The average molecular weight is 324 g/mol. The molecular weight excluding hydrogens is 308 g/mol. The maximum Gasteiger partial charge on any atom is 0.275 e. The van der Waals surface area contributed by atoms with Gasteiger partial charge in [-0.05, 0) is 35.4 Å². The molecule has 0 aliphatic carbocycles. The maximum absolute atomic E-state index is 12.3. The quantitative estimate of drug-likeness (QED) is 0.564. The van der Waals surface area contributed by atoms with Crippen molar-refractivity contribution in [3.05, 3.63) is 63.8 Å². The Kier molecular flexibility index (Phi) is 4.39. The van der Waals surface area contributed by atoms with Crippen LogP contribution < -0.4 is 5.43 Å². The minimum absolute atomic E-state index is 0.0548. The third-order valence-corrected chi connectivity index (χ3v) is 4.69. The van der Waals surface area contributed by atoms with Crippen molar-refractivity contribution < 1.29 is 9.90 Å². The zero-order valence-electron chi connectivity index (χ0n) is 12.6. The third kappa shape index (κ3) is 3.24. The molecule has 23 heavy (non-hydrogen) atoms. The summed E-state index contributed by atoms with van der Waals surface area (Å²) in [6.45, 7) is 2.10. The molecule has 0 unspecified atom stereocenters. The first-order valence-electron chi connectivity index (χ1n) is 7.32. The molecule has 5 heteroatoms. The van der Waals surface area contributed by atoms with E-state index in [1.165, 1.54) is 10.9 Å². The summed E-state index contributed by atoms with van der Waals surface area (Å²) in [5, 5.41) is 15.6. The number of aromatic hydroxyl groups is 1. The van der Waals surface area contributed by atoms with Gasteiger partial charge in [-0.25, -0.2) is 5.43 Å². The number of carbonyl (C=O) groups is 1.